The Morgan fingerprint density at radius 1 is 1.06 bits per heavy atom. The first kappa shape index (κ1) is 24.0. The lowest BCUT2D eigenvalue weighted by atomic mass is 9.41. The van der Waals surface area contributed by atoms with E-state index in [4.69, 9.17) is 0 Å². The van der Waals surface area contributed by atoms with Crippen molar-refractivity contribution in [2.24, 2.45) is 45.3 Å². The Bertz CT molecular complexity index is 871. The summed E-state index contributed by atoms with van der Waals surface area (Å²) in [5, 5.41) is 0. The predicted molar refractivity (Wildman–Crippen MR) is 132 cm³/mol. The summed E-state index contributed by atoms with van der Waals surface area (Å²) >= 11 is 0. The van der Waals surface area contributed by atoms with Crippen molar-refractivity contribution in [3.05, 3.63) is 23.3 Å². The van der Waals surface area contributed by atoms with Gasteiger partial charge in [-0.15, -0.1) is 0 Å². The molecule has 4 aliphatic carbocycles. The molecule has 0 N–H and O–H groups in total. The minimum atomic E-state index is -0.196. The van der Waals surface area contributed by atoms with Gasteiger partial charge in [0, 0.05) is 18.3 Å². The van der Waals surface area contributed by atoms with E-state index in [1.165, 1.54) is 25.7 Å². The van der Waals surface area contributed by atoms with Gasteiger partial charge in [-0.25, -0.2) is 0 Å². The molecule has 0 aromatic carbocycles. The summed E-state index contributed by atoms with van der Waals surface area (Å²) in [6, 6.07) is 0. The van der Waals surface area contributed by atoms with E-state index in [2.05, 4.69) is 47.6 Å². The maximum Gasteiger partial charge on any atom is 0.155 e. The Morgan fingerprint density at radius 3 is 2.41 bits per heavy atom. The van der Waals surface area contributed by atoms with Crippen molar-refractivity contribution in [2.45, 2.75) is 107 Å². The Balaban J connectivity index is 1.65. The standard InChI is InChI=1S/C30H46O2/c1-19(2)17-21(31)18-20(3)22-11-15-30(8)24-9-10-25-27(4,5)26(32)13-14-28(25,6)23(24)12-16-29(22,30)7/h12,17,20,22,24-25H,9-11,13-16,18H2,1-8H3/t20-,22-,24-,25?,28-,29-,30+/m1/s1. The monoisotopic (exact) mass is 438 g/mol. The summed E-state index contributed by atoms with van der Waals surface area (Å²) in [6.45, 7) is 18.4. The fourth-order valence-electron chi connectivity index (χ4n) is 9.32. The molecule has 3 fully saturated rings. The highest BCUT2D eigenvalue weighted by Gasteiger charge is 2.65. The molecule has 3 saturated carbocycles. The quantitative estimate of drug-likeness (QED) is 0.332. The third kappa shape index (κ3) is 3.25. The van der Waals surface area contributed by atoms with Crippen LogP contribution in [0.2, 0.25) is 0 Å². The molecule has 178 valence electrons. The van der Waals surface area contributed by atoms with Gasteiger partial charge in [-0.2, -0.15) is 0 Å². The maximum absolute atomic E-state index is 12.8. The van der Waals surface area contributed by atoms with E-state index in [1.807, 2.05) is 19.9 Å². The first-order chi connectivity index (χ1) is 14.8. The van der Waals surface area contributed by atoms with Crippen LogP contribution in [0.5, 0.6) is 0 Å². The molecular formula is C30H46O2. The number of carbonyl (C=O) groups is 2. The SMILES string of the molecule is CC(C)=CC(=O)C[C@@H](C)[C@H]1CC[C@@]2(C)[C@@H]3CCC4C(C)(C)C(=O)CC[C@]4(C)C3=CC[C@]12C. The van der Waals surface area contributed by atoms with Gasteiger partial charge in [0.15, 0.2) is 5.78 Å². The fraction of sp³-hybridized carbons (Fsp3) is 0.800. The number of hydrogen-bond acceptors (Lipinski definition) is 2. The highest BCUT2D eigenvalue weighted by Crippen LogP contribution is 2.72. The molecule has 4 rings (SSSR count). The summed E-state index contributed by atoms with van der Waals surface area (Å²) < 4.78 is 0. The van der Waals surface area contributed by atoms with Crippen LogP contribution in [0.3, 0.4) is 0 Å². The highest BCUT2D eigenvalue weighted by atomic mass is 16.1. The molecular weight excluding hydrogens is 392 g/mol. The molecule has 0 heterocycles. The molecule has 0 radical (unpaired) electrons. The van der Waals surface area contributed by atoms with E-state index in [-0.39, 0.29) is 16.2 Å². The van der Waals surface area contributed by atoms with Crippen LogP contribution in [0.1, 0.15) is 107 Å². The molecule has 1 unspecified atom stereocenters. The third-order valence-electron chi connectivity index (χ3n) is 11.3. The third-order valence-corrected chi connectivity index (χ3v) is 11.3. The van der Waals surface area contributed by atoms with Gasteiger partial charge in [0.1, 0.15) is 5.78 Å². The molecule has 0 saturated heterocycles. The zero-order valence-corrected chi connectivity index (χ0v) is 21.9. The normalized spacial score (nSPS) is 43.4. The Morgan fingerprint density at radius 2 is 1.75 bits per heavy atom. The lowest BCUT2D eigenvalue weighted by Gasteiger charge is -2.63. The van der Waals surface area contributed by atoms with Crippen LogP contribution in [0.4, 0.5) is 0 Å². The number of carbonyl (C=O) groups excluding carboxylic acids is 2. The van der Waals surface area contributed by atoms with Gasteiger partial charge in [-0.3, -0.25) is 9.59 Å². The minimum Gasteiger partial charge on any atom is -0.299 e. The molecule has 0 aromatic heterocycles. The van der Waals surface area contributed by atoms with Gasteiger partial charge >= 0.3 is 0 Å². The summed E-state index contributed by atoms with van der Waals surface area (Å²) in [6.07, 6.45) is 13.0. The van der Waals surface area contributed by atoms with Crippen molar-refractivity contribution in [1.29, 1.82) is 0 Å². The van der Waals surface area contributed by atoms with Crippen molar-refractivity contribution in [2.75, 3.05) is 0 Å². The van der Waals surface area contributed by atoms with E-state index in [0.29, 0.717) is 47.1 Å². The molecule has 0 aromatic rings. The second-order valence-corrected chi connectivity index (χ2v) is 13.5. The van der Waals surface area contributed by atoms with E-state index < -0.39 is 0 Å². The second-order valence-electron chi connectivity index (χ2n) is 13.5. The average Bonchev–Trinajstić information content (AvgIpc) is 2.96. The lowest BCUT2D eigenvalue weighted by Crippen LogP contribution is -2.56. The second kappa shape index (κ2) is 7.67. The van der Waals surface area contributed by atoms with Crippen molar-refractivity contribution >= 4 is 11.6 Å². The van der Waals surface area contributed by atoms with Crippen molar-refractivity contribution in [3.8, 4) is 0 Å². The Kier molecular flexibility index (Phi) is 5.74. The smallest absolute Gasteiger partial charge is 0.155 e. The summed E-state index contributed by atoms with van der Waals surface area (Å²) in [7, 11) is 0. The van der Waals surface area contributed by atoms with E-state index in [0.717, 1.165) is 24.8 Å². The highest BCUT2D eigenvalue weighted by molar-refractivity contribution is 5.90. The molecule has 2 heteroatoms. The maximum atomic E-state index is 12.8. The zero-order chi connectivity index (χ0) is 23.7. The minimum absolute atomic E-state index is 0.174. The number of hydrogen-bond donors (Lipinski definition) is 0. The van der Waals surface area contributed by atoms with Crippen LogP contribution >= 0.6 is 0 Å². The zero-order valence-electron chi connectivity index (χ0n) is 21.9. The van der Waals surface area contributed by atoms with Gasteiger partial charge in [-0.05, 0) is 98.4 Å². The first-order valence-electron chi connectivity index (χ1n) is 13.2. The van der Waals surface area contributed by atoms with Crippen LogP contribution in [0.25, 0.3) is 0 Å². The lowest BCUT2D eigenvalue weighted by molar-refractivity contribution is -0.142. The Hall–Kier alpha value is -1.18. The van der Waals surface area contributed by atoms with Gasteiger partial charge in [0.2, 0.25) is 0 Å². The molecule has 0 spiro atoms. The average molecular weight is 439 g/mol. The summed E-state index contributed by atoms with van der Waals surface area (Å²) in [4.78, 5) is 25.4. The molecule has 0 aliphatic heterocycles. The number of rotatable bonds is 4. The summed E-state index contributed by atoms with van der Waals surface area (Å²) in [5.41, 5.74) is 3.34. The molecule has 2 nitrogen and oxygen atoms in total. The van der Waals surface area contributed by atoms with Crippen molar-refractivity contribution in [3.63, 3.8) is 0 Å². The van der Waals surface area contributed by atoms with Crippen LogP contribution in [0.15, 0.2) is 23.3 Å². The Labute approximate surface area is 196 Å². The van der Waals surface area contributed by atoms with Gasteiger partial charge in [-0.1, -0.05) is 58.8 Å². The number of fused-ring (bicyclic) bond motifs is 5. The van der Waals surface area contributed by atoms with Crippen LogP contribution in [0, 0.1) is 45.3 Å². The molecule has 4 aliphatic rings. The van der Waals surface area contributed by atoms with Crippen LogP contribution in [-0.2, 0) is 9.59 Å². The fourth-order valence-corrected chi connectivity index (χ4v) is 9.32. The first-order valence-corrected chi connectivity index (χ1v) is 13.2. The predicted octanol–water partition coefficient (Wildman–Crippen LogP) is 7.72. The largest absolute Gasteiger partial charge is 0.299 e. The topological polar surface area (TPSA) is 34.1 Å². The van der Waals surface area contributed by atoms with Gasteiger partial charge in [0.05, 0.1) is 0 Å². The van der Waals surface area contributed by atoms with Crippen LogP contribution < -0.4 is 0 Å². The van der Waals surface area contributed by atoms with Crippen LogP contribution in [-0.4, -0.2) is 11.6 Å². The number of Topliss-reactive ketones (excluding diaryl/α,β-unsaturated/α-hetero) is 1. The summed E-state index contributed by atoms with van der Waals surface area (Å²) in [5.74, 6) is 2.92. The molecule has 0 amide bonds. The molecule has 32 heavy (non-hydrogen) atoms. The number of allylic oxidation sites excluding steroid dienone is 4. The van der Waals surface area contributed by atoms with Gasteiger partial charge in [0.25, 0.3) is 0 Å². The van der Waals surface area contributed by atoms with Crippen molar-refractivity contribution < 1.29 is 9.59 Å². The molecule has 7 atom stereocenters. The number of ketones is 2. The molecule has 0 bridgehead atoms. The van der Waals surface area contributed by atoms with E-state index in [9.17, 15) is 9.59 Å². The van der Waals surface area contributed by atoms with E-state index >= 15 is 0 Å². The van der Waals surface area contributed by atoms with Crippen molar-refractivity contribution in [1.82, 2.24) is 0 Å². The van der Waals surface area contributed by atoms with Gasteiger partial charge < -0.3 is 0 Å². The van der Waals surface area contributed by atoms with E-state index in [1.54, 1.807) is 5.57 Å².